The van der Waals surface area contributed by atoms with Gasteiger partial charge in [-0.25, -0.2) is 4.98 Å². The Labute approximate surface area is 190 Å². The van der Waals surface area contributed by atoms with E-state index in [9.17, 15) is 0 Å². The van der Waals surface area contributed by atoms with Crippen molar-refractivity contribution in [2.24, 2.45) is 0 Å². The first-order chi connectivity index (χ1) is 16.0. The molecule has 6 rings (SSSR count). The molecule has 1 aliphatic rings. The van der Waals surface area contributed by atoms with E-state index in [1.807, 2.05) is 67.5 Å². The number of ether oxygens (including phenoxy) is 2. The van der Waals surface area contributed by atoms with Crippen molar-refractivity contribution in [1.29, 1.82) is 0 Å². The number of pyridine rings is 2. The highest BCUT2D eigenvalue weighted by atomic mass is 16.7. The lowest BCUT2D eigenvalue weighted by Gasteiger charge is -2.16. The van der Waals surface area contributed by atoms with Crippen LogP contribution in [0, 0.1) is 0 Å². The van der Waals surface area contributed by atoms with Crippen LogP contribution in [-0.4, -0.2) is 38.2 Å². The Kier molecular flexibility index (Phi) is 4.46. The lowest BCUT2D eigenvalue weighted by atomic mass is 10.0. The van der Waals surface area contributed by atoms with Crippen LogP contribution in [0.1, 0.15) is 13.8 Å². The standard InChI is InChI=1S/C25H23N5O3/c1-25(2)31-14-17(33-25)13-30-12-16(10-29-30)21-11-28-24(26)23-20(21)8-22(32-23)19-5-3-4-15-9-27-7-6-18(15)19/h3-12,17H,13-14H2,1-2H3,(H2,26,28). The lowest BCUT2D eigenvalue weighted by molar-refractivity contribution is -0.139. The Morgan fingerprint density at radius 2 is 2.03 bits per heavy atom. The molecule has 0 radical (unpaired) electrons. The van der Waals surface area contributed by atoms with Gasteiger partial charge in [0.05, 0.1) is 19.3 Å². The van der Waals surface area contributed by atoms with Gasteiger partial charge in [-0.1, -0.05) is 18.2 Å². The number of benzene rings is 1. The minimum absolute atomic E-state index is 0.0429. The van der Waals surface area contributed by atoms with Gasteiger partial charge in [-0.05, 0) is 31.4 Å². The number of furan rings is 1. The molecule has 1 unspecified atom stereocenters. The molecule has 5 aromatic rings. The van der Waals surface area contributed by atoms with Crippen LogP contribution >= 0.6 is 0 Å². The van der Waals surface area contributed by atoms with Gasteiger partial charge in [0, 0.05) is 52.3 Å². The van der Waals surface area contributed by atoms with Crippen molar-refractivity contribution >= 4 is 27.6 Å². The molecule has 33 heavy (non-hydrogen) atoms. The minimum atomic E-state index is -0.557. The van der Waals surface area contributed by atoms with Gasteiger partial charge < -0.3 is 19.6 Å². The van der Waals surface area contributed by atoms with E-state index in [0.29, 0.717) is 24.6 Å². The normalized spacial score (nSPS) is 17.8. The summed E-state index contributed by atoms with van der Waals surface area (Å²) in [5.41, 5.74) is 9.57. The van der Waals surface area contributed by atoms with Gasteiger partial charge in [-0.2, -0.15) is 5.10 Å². The maximum absolute atomic E-state index is 6.22. The largest absolute Gasteiger partial charge is 0.452 e. The van der Waals surface area contributed by atoms with Gasteiger partial charge in [-0.3, -0.25) is 9.67 Å². The quantitative estimate of drug-likeness (QED) is 0.433. The second-order valence-electron chi connectivity index (χ2n) is 8.71. The fourth-order valence-corrected chi connectivity index (χ4v) is 4.41. The Morgan fingerprint density at radius 3 is 2.88 bits per heavy atom. The van der Waals surface area contributed by atoms with E-state index in [0.717, 1.165) is 38.6 Å². The highest BCUT2D eigenvalue weighted by Gasteiger charge is 2.33. The third kappa shape index (κ3) is 3.53. The molecular formula is C25H23N5O3. The van der Waals surface area contributed by atoms with Crippen molar-refractivity contribution in [2.45, 2.75) is 32.3 Å². The fourth-order valence-electron chi connectivity index (χ4n) is 4.41. The van der Waals surface area contributed by atoms with E-state index in [4.69, 9.17) is 19.6 Å². The van der Waals surface area contributed by atoms with Crippen LogP contribution in [0.5, 0.6) is 0 Å². The van der Waals surface area contributed by atoms with Crippen LogP contribution in [0.3, 0.4) is 0 Å². The summed E-state index contributed by atoms with van der Waals surface area (Å²) >= 11 is 0. The third-order valence-corrected chi connectivity index (χ3v) is 5.94. The van der Waals surface area contributed by atoms with Gasteiger partial charge >= 0.3 is 0 Å². The summed E-state index contributed by atoms with van der Waals surface area (Å²) in [6, 6.07) is 10.1. The van der Waals surface area contributed by atoms with Crippen molar-refractivity contribution in [3.05, 3.63) is 61.3 Å². The maximum Gasteiger partial charge on any atom is 0.177 e. The molecule has 0 spiro atoms. The Morgan fingerprint density at radius 1 is 1.12 bits per heavy atom. The van der Waals surface area contributed by atoms with E-state index in [1.54, 1.807) is 12.4 Å². The Hall–Kier alpha value is -3.75. The number of nitrogens with zero attached hydrogens (tertiary/aromatic N) is 4. The van der Waals surface area contributed by atoms with Gasteiger partial charge in [-0.15, -0.1) is 0 Å². The molecule has 1 aliphatic heterocycles. The third-order valence-electron chi connectivity index (χ3n) is 5.94. The zero-order chi connectivity index (χ0) is 22.6. The summed E-state index contributed by atoms with van der Waals surface area (Å²) < 4.78 is 19.7. The molecule has 1 aromatic carbocycles. The van der Waals surface area contributed by atoms with Crippen molar-refractivity contribution < 1.29 is 13.9 Å². The number of anilines is 1. The van der Waals surface area contributed by atoms with E-state index in [1.165, 1.54) is 0 Å². The van der Waals surface area contributed by atoms with Crippen LogP contribution < -0.4 is 5.73 Å². The second kappa shape index (κ2) is 7.40. The molecule has 0 aliphatic carbocycles. The van der Waals surface area contributed by atoms with E-state index >= 15 is 0 Å². The molecule has 4 aromatic heterocycles. The molecule has 1 fully saturated rings. The van der Waals surface area contributed by atoms with Crippen LogP contribution in [0.2, 0.25) is 0 Å². The molecule has 8 nitrogen and oxygen atoms in total. The number of rotatable bonds is 4. The maximum atomic E-state index is 6.22. The number of nitrogens with two attached hydrogens (primary N) is 1. The first kappa shape index (κ1) is 19.9. The average molecular weight is 441 g/mol. The minimum Gasteiger partial charge on any atom is -0.452 e. The summed E-state index contributed by atoms with van der Waals surface area (Å²) in [4.78, 5) is 8.60. The number of aromatic nitrogens is 4. The van der Waals surface area contributed by atoms with Gasteiger partial charge in [0.1, 0.15) is 11.9 Å². The molecule has 8 heteroatoms. The van der Waals surface area contributed by atoms with Crippen LogP contribution in [-0.2, 0) is 16.0 Å². The predicted molar refractivity (Wildman–Crippen MR) is 125 cm³/mol. The molecular weight excluding hydrogens is 418 g/mol. The van der Waals surface area contributed by atoms with Crippen molar-refractivity contribution in [1.82, 2.24) is 19.7 Å². The van der Waals surface area contributed by atoms with E-state index < -0.39 is 5.79 Å². The Balaban J connectivity index is 1.39. The Bertz CT molecular complexity index is 1480. The zero-order valence-electron chi connectivity index (χ0n) is 18.4. The molecule has 0 amide bonds. The average Bonchev–Trinajstić information content (AvgIpc) is 3.53. The first-order valence-electron chi connectivity index (χ1n) is 10.8. The van der Waals surface area contributed by atoms with Gasteiger partial charge in [0.2, 0.25) is 0 Å². The van der Waals surface area contributed by atoms with Crippen molar-refractivity contribution in [3.8, 4) is 22.5 Å². The summed E-state index contributed by atoms with van der Waals surface area (Å²) in [5.74, 6) is 0.528. The fraction of sp³-hybridized carbons (Fsp3) is 0.240. The van der Waals surface area contributed by atoms with Crippen molar-refractivity contribution in [3.63, 3.8) is 0 Å². The smallest absolute Gasteiger partial charge is 0.177 e. The SMILES string of the molecule is CC1(C)OCC(Cn2cc(-c3cnc(N)c4oc(-c5cccc6cnccc56)cc34)cn2)O1. The zero-order valence-corrected chi connectivity index (χ0v) is 18.4. The summed E-state index contributed by atoms with van der Waals surface area (Å²) in [7, 11) is 0. The molecule has 0 bridgehead atoms. The topological polar surface area (TPSA) is 101 Å². The summed E-state index contributed by atoms with van der Waals surface area (Å²) in [6.07, 6.45) is 9.16. The van der Waals surface area contributed by atoms with Gasteiger partial charge in [0.25, 0.3) is 0 Å². The highest BCUT2D eigenvalue weighted by molar-refractivity contribution is 6.03. The number of nitrogen functional groups attached to an aromatic ring is 1. The molecule has 5 heterocycles. The lowest BCUT2D eigenvalue weighted by Crippen LogP contribution is -2.24. The molecule has 0 saturated carbocycles. The molecule has 166 valence electrons. The first-order valence-corrected chi connectivity index (χ1v) is 10.8. The molecule has 1 atom stereocenters. The van der Waals surface area contributed by atoms with Crippen LogP contribution in [0.15, 0.2) is 65.7 Å². The number of fused-ring (bicyclic) bond motifs is 2. The van der Waals surface area contributed by atoms with Gasteiger partial charge in [0.15, 0.2) is 17.2 Å². The number of hydrogen-bond donors (Lipinski definition) is 1. The summed E-state index contributed by atoms with van der Waals surface area (Å²) in [6.45, 7) is 4.99. The second-order valence-corrected chi connectivity index (χ2v) is 8.71. The molecule has 2 N–H and O–H groups in total. The van der Waals surface area contributed by atoms with E-state index in [-0.39, 0.29) is 6.10 Å². The van der Waals surface area contributed by atoms with Crippen LogP contribution in [0.4, 0.5) is 5.82 Å². The van der Waals surface area contributed by atoms with Crippen molar-refractivity contribution in [2.75, 3.05) is 12.3 Å². The predicted octanol–water partition coefficient (Wildman–Crippen LogP) is 4.64. The summed E-state index contributed by atoms with van der Waals surface area (Å²) in [5, 5.41) is 7.53. The monoisotopic (exact) mass is 441 g/mol. The van der Waals surface area contributed by atoms with E-state index in [2.05, 4.69) is 15.1 Å². The van der Waals surface area contributed by atoms with Crippen LogP contribution in [0.25, 0.3) is 44.2 Å². The highest BCUT2D eigenvalue weighted by Crippen LogP contribution is 2.38. The molecule has 1 saturated heterocycles. The number of hydrogen-bond acceptors (Lipinski definition) is 7.